The highest BCUT2D eigenvalue weighted by Crippen LogP contribution is 2.36. The highest BCUT2D eigenvalue weighted by atomic mass is 16.2. The first-order valence-electron chi connectivity index (χ1n) is 8.44. The molecule has 0 aliphatic carbocycles. The monoisotopic (exact) mass is 338 g/mol. The Hall–Kier alpha value is -3.55. The molecule has 1 aliphatic heterocycles. The minimum Gasteiger partial charge on any atom is -0.399 e. The van der Waals surface area contributed by atoms with Crippen LogP contribution in [-0.2, 0) is 0 Å². The summed E-state index contributed by atoms with van der Waals surface area (Å²) in [6.45, 7) is 0. The molecule has 1 heterocycles. The second-order valence-electron chi connectivity index (χ2n) is 6.26. The van der Waals surface area contributed by atoms with Crippen LogP contribution in [0.4, 0.5) is 11.4 Å². The van der Waals surface area contributed by atoms with Gasteiger partial charge in [-0.3, -0.25) is 4.79 Å². The van der Waals surface area contributed by atoms with Gasteiger partial charge in [0, 0.05) is 35.0 Å². The van der Waals surface area contributed by atoms with Crippen molar-refractivity contribution in [2.45, 2.75) is 0 Å². The van der Waals surface area contributed by atoms with Crippen molar-refractivity contribution in [3.63, 3.8) is 0 Å². The average molecular weight is 338 g/mol. The number of nitrogen functional groups attached to an aromatic ring is 1. The Balaban J connectivity index is 2.02. The van der Waals surface area contributed by atoms with Crippen molar-refractivity contribution in [3.8, 4) is 0 Å². The summed E-state index contributed by atoms with van der Waals surface area (Å²) in [5.74, 6) is -0.0196. The Bertz CT molecular complexity index is 1070. The van der Waals surface area contributed by atoms with Crippen LogP contribution in [0.5, 0.6) is 0 Å². The van der Waals surface area contributed by atoms with Crippen LogP contribution in [0.2, 0.25) is 0 Å². The molecule has 26 heavy (non-hydrogen) atoms. The Kier molecular flexibility index (Phi) is 3.92. The molecule has 0 bridgehead atoms. The predicted octanol–water partition coefficient (Wildman–Crippen LogP) is 4.60. The maximum atomic E-state index is 12.9. The second kappa shape index (κ2) is 6.40. The number of nitrogens with zero attached hydrogens (tertiary/aromatic N) is 1. The summed E-state index contributed by atoms with van der Waals surface area (Å²) >= 11 is 0. The summed E-state index contributed by atoms with van der Waals surface area (Å²) in [6, 6.07) is 23.2. The highest BCUT2D eigenvalue weighted by Gasteiger charge is 2.26. The van der Waals surface area contributed by atoms with Crippen molar-refractivity contribution in [3.05, 3.63) is 101 Å². The van der Waals surface area contributed by atoms with Crippen LogP contribution < -0.4 is 10.6 Å². The summed E-state index contributed by atoms with van der Waals surface area (Å²) < 4.78 is 0. The van der Waals surface area contributed by atoms with Gasteiger partial charge in [0.25, 0.3) is 5.91 Å². The van der Waals surface area contributed by atoms with E-state index in [1.807, 2.05) is 85.9 Å². The number of para-hydroxylation sites is 1. The molecule has 3 aromatic rings. The Labute approximate surface area is 152 Å². The third kappa shape index (κ3) is 2.71. The quantitative estimate of drug-likeness (QED) is 0.520. The van der Waals surface area contributed by atoms with E-state index in [0.717, 1.165) is 28.0 Å². The minimum absolute atomic E-state index is 0.0196. The maximum absolute atomic E-state index is 12.9. The maximum Gasteiger partial charge on any atom is 0.258 e. The van der Waals surface area contributed by atoms with Crippen molar-refractivity contribution in [2.75, 3.05) is 17.7 Å². The molecule has 1 aliphatic rings. The van der Waals surface area contributed by atoms with E-state index in [4.69, 9.17) is 5.73 Å². The molecule has 0 radical (unpaired) electrons. The van der Waals surface area contributed by atoms with Crippen molar-refractivity contribution in [1.82, 2.24) is 0 Å². The SMILES string of the molecule is CN1C(=O)c2ccccc2C(=C=Cc2cccc(N)c2)c2ccccc21. The molecule has 0 spiro atoms. The summed E-state index contributed by atoms with van der Waals surface area (Å²) in [5.41, 5.74) is 15.3. The molecule has 0 aromatic heterocycles. The largest absolute Gasteiger partial charge is 0.399 e. The number of benzene rings is 3. The molecule has 0 atom stereocenters. The topological polar surface area (TPSA) is 46.3 Å². The Morgan fingerprint density at radius 2 is 1.58 bits per heavy atom. The van der Waals surface area contributed by atoms with Gasteiger partial charge in [0.2, 0.25) is 0 Å². The zero-order chi connectivity index (χ0) is 18.1. The molecule has 0 fully saturated rings. The van der Waals surface area contributed by atoms with Crippen molar-refractivity contribution in [2.24, 2.45) is 0 Å². The van der Waals surface area contributed by atoms with E-state index in [1.165, 1.54) is 0 Å². The van der Waals surface area contributed by atoms with E-state index in [0.29, 0.717) is 11.3 Å². The molecule has 2 N–H and O–H groups in total. The van der Waals surface area contributed by atoms with Gasteiger partial charge in [-0.2, -0.15) is 0 Å². The molecule has 1 amide bonds. The molecule has 3 heteroatoms. The number of rotatable bonds is 1. The summed E-state index contributed by atoms with van der Waals surface area (Å²) in [7, 11) is 1.81. The lowest BCUT2D eigenvalue weighted by atomic mass is 9.94. The molecule has 3 aromatic carbocycles. The van der Waals surface area contributed by atoms with Crippen LogP contribution in [0.15, 0.2) is 78.5 Å². The number of carbonyl (C=O) groups is 1. The van der Waals surface area contributed by atoms with Crippen molar-refractivity contribution in [1.29, 1.82) is 0 Å². The first kappa shape index (κ1) is 15.9. The zero-order valence-corrected chi connectivity index (χ0v) is 14.4. The van der Waals surface area contributed by atoms with Crippen molar-refractivity contribution < 1.29 is 4.79 Å². The van der Waals surface area contributed by atoms with Gasteiger partial charge in [0.05, 0.1) is 5.69 Å². The fourth-order valence-corrected chi connectivity index (χ4v) is 3.26. The molecule has 0 unspecified atom stereocenters. The van der Waals surface area contributed by atoms with Gasteiger partial charge in [-0.25, -0.2) is 0 Å². The molecule has 4 rings (SSSR count). The second-order valence-corrected chi connectivity index (χ2v) is 6.26. The van der Waals surface area contributed by atoms with Gasteiger partial charge in [0.1, 0.15) is 0 Å². The van der Waals surface area contributed by atoms with E-state index in [2.05, 4.69) is 5.73 Å². The predicted molar refractivity (Wildman–Crippen MR) is 107 cm³/mol. The number of fused-ring (bicyclic) bond motifs is 2. The number of carbonyl (C=O) groups excluding carboxylic acids is 1. The Morgan fingerprint density at radius 3 is 2.35 bits per heavy atom. The molecule has 0 saturated carbocycles. The standard InChI is InChI=1S/C23H18N2O/c1-25-22-12-5-4-10-20(22)19(14-13-16-7-6-8-17(24)15-16)18-9-2-3-11-21(18)23(25)26/h2-13,15H,24H2,1H3. The third-order valence-corrected chi connectivity index (χ3v) is 4.56. The van der Waals surface area contributed by atoms with Gasteiger partial charge in [-0.15, -0.1) is 5.73 Å². The van der Waals surface area contributed by atoms with Crippen LogP contribution in [0.25, 0.3) is 11.6 Å². The normalized spacial score (nSPS) is 12.7. The fraction of sp³-hybridized carbons (Fsp3) is 0.0435. The van der Waals surface area contributed by atoms with Crippen LogP contribution in [0.1, 0.15) is 27.0 Å². The number of nitrogens with two attached hydrogens (primary N) is 1. The lowest BCUT2D eigenvalue weighted by Gasteiger charge is -2.17. The lowest BCUT2D eigenvalue weighted by molar-refractivity contribution is 0.0993. The van der Waals surface area contributed by atoms with E-state index >= 15 is 0 Å². The number of amides is 1. The number of anilines is 2. The van der Waals surface area contributed by atoms with Gasteiger partial charge in [-0.05, 0) is 35.9 Å². The molecule has 0 saturated heterocycles. The molecular weight excluding hydrogens is 320 g/mol. The van der Waals surface area contributed by atoms with Gasteiger partial charge in [-0.1, -0.05) is 48.5 Å². The van der Waals surface area contributed by atoms with Crippen LogP contribution >= 0.6 is 0 Å². The van der Waals surface area contributed by atoms with E-state index in [1.54, 1.807) is 4.90 Å². The van der Waals surface area contributed by atoms with Gasteiger partial charge in [0.15, 0.2) is 0 Å². The Morgan fingerprint density at radius 1 is 0.885 bits per heavy atom. The van der Waals surface area contributed by atoms with E-state index in [9.17, 15) is 4.79 Å². The summed E-state index contributed by atoms with van der Waals surface area (Å²) in [4.78, 5) is 14.6. The van der Waals surface area contributed by atoms with Gasteiger partial charge < -0.3 is 10.6 Å². The van der Waals surface area contributed by atoms with Crippen LogP contribution in [-0.4, -0.2) is 13.0 Å². The molecule has 126 valence electrons. The summed E-state index contributed by atoms with van der Waals surface area (Å²) in [6.07, 6.45) is 1.91. The highest BCUT2D eigenvalue weighted by molar-refractivity contribution is 6.13. The fourth-order valence-electron chi connectivity index (χ4n) is 3.26. The zero-order valence-electron chi connectivity index (χ0n) is 14.4. The third-order valence-electron chi connectivity index (χ3n) is 4.56. The molecule has 3 nitrogen and oxygen atoms in total. The van der Waals surface area contributed by atoms with Crippen LogP contribution in [0, 0.1) is 0 Å². The van der Waals surface area contributed by atoms with Crippen molar-refractivity contribution >= 4 is 28.9 Å². The lowest BCUT2D eigenvalue weighted by Crippen LogP contribution is -2.25. The first-order valence-corrected chi connectivity index (χ1v) is 8.44. The minimum atomic E-state index is -0.0196. The van der Waals surface area contributed by atoms with E-state index in [-0.39, 0.29) is 5.91 Å². The smallest absolute Gasteiger partial charge is 0.258 e. The summed E-state index contributed by atoms with van der Waals surface area (Å²) in [5, 5.41) is 0. The average Bonchev–Trinajstić information content (AvgIpc) is 2.75. The van der Waals surface area contributed by atoms with E-state index < -0.39 is 0 Å². The molecular formula is C23H18N2O. The van der Waals surface area contributed by atoms with Crippen LogP contribution in [0.3, 0.4) is 0 Å². The first-order chi connectivity index (χ1) is 12.6. The number of hydrogen-bond acceptors (Lipinski definition) is 2. The number of hydrogen-bond donors (Lipinski definition) is 1. The van der Waals surface area contributed by atoms with Gasteiger partial charge >= 0.3 is 0 Å².